The number of thiazole rings is 1. The van der Waals surface area contributed by atoms with Crippen LogP contribution in [0.1, 0.15) is 44.9 Å². The maximum absolute atomic E-state index is 13.0. The monoisotopic (exact) mass is 437 g/mol. The number of amides is 2. The molecule has 1 aliphatic heterocycles. The fraction of sp³-hybridized carbons (Fsp3) is 0.400. The lowest BCUT2D eigenvalue weighted by Crippen LogP contribution is -2.47. The number of carbonyl (C=O) groups is 2. The zero-order chi connectivity index (χ0) is 22.4. The average Bonchev–Trinajstić information content (AvgIpc) is 3.44. The Morgan fingerprint density at radius 3 is 2.71 bits per heavy atom. The zero-order valence-electron chi connectivity index (χ0n) is 18.7. The molecular weight excluding hydrogens is 406 g/mol. The van der Waals surface area contributed by atoms with Gasteiger partial charge in [0.2, 0.25) is 11.8 Å². The maximum Gasteiger partial charge on any atom is 0.243 e. The van der Waals surface area contributed by atoms with E-state index < -0.39 is 0 Å². The molecule has 31 heavy (non-hydrogen) atoms. The van der Waals surface area contributed by atoms with Crippen LogP contribution in [0.25, 0.3) is 10.4 Å². The Morgan fingerprint density at radius 1 is 1.32 bits per heavy atom. The molecule has 1 fully saturated rings. The van der Waals surface area contributed by atoms with Crippen LogP contribution in [0.15, 0.2) is 53.6 Å². The number of aryl methyl sites for hydroxylation is 1. The maximum atomic E-state index is 13.0. The van der Waals surface area contributed by atoms with Gasteiger partial charge >= 0.3 is 0 Å². The van der Waals surface area contributed by atoms with Gasteiger partial charge in [0.05, 0.1) is 22.0 Å². The van der Waals surface area contributed by atoms with Crippen LogP contribution in [0.5, 0.6) is 0 Å². The quantitative estimate of drug-likeness (QED) is 0.628. The Kier molecular flexibility index (Phi) is 7.80. The van der Waals surface area contributed by atoms with Crippen molar-refractivity contribution >= 4 is 23.2 Å². The summed E-state index contributed by atoms with van der Waals surface area (Å²) in [6.45, 7) is 8.93. The molecule has 164 valence electrons. The van der Waals surface area contributed by atoms with E-state index in [0.717, 1.165) is 28.8 Å². The molecule has 5 nitrogen and oxygen atoms in total. The second-order valence-electron chi connectivity index (χ2n) is 8.03. The third-order valence-electron chi connectivity index (χ3n) is 5.87. The van der Waals surface area contributed by atoms with E-state index in [1.807, 2.05) is 63.6 Å². The van der Waals surface area contributed by atoms with Crippen LogP contribution < -0.4 is 5.32 Å². The highest BCUT2D eigenvalue weighted by Crippen LogP contribution is 2.27. The lowest BCUT2D eigenvalue weighted by Gasteiger charge is -2.27. The minimum Gasteiger partial charge on any atom is -0.350 e. The van der Waals surface area contributed by atoms with Crippen molar-refractivity contribution in [3.05, 3.63) is 64.8 Å². The molecule has 0 bridgehead atoms. The number of aromatic nitrogens is 1. The fourth-order valence-corrected chi connectivity index (χ4v) is 4.61. The van der Waals surface area contributed by atoms with Crippen molar-refractivity contribution in [3.8, 4) is 10.4 Å². The molecule has 3 rings (SSSR count). The molecule has 2 amide bonds. The fourth-order valence-electron chi connectivity index (χ4n) is 3.80. The highest BCUT2D eigenvalue weighted by molar-refractivity contribution is 7.13. The van der Waals surface area contributed by atoms with Crippen LogP contribution in [0, 0.1) is 12.8 Å². The van der Waals surface area contributed by atoms with Gasteiger partial charge in [0.1, 0.15) is 6.04 Å². The van der Waals surface area contributed by atoms with Crippen molar-refractivity contribution in [3.63, 3.8) is 0 Å². The van der Waals surface area contributed by atoms with E-state index >= 15 is 0 Å². The molecule has 1 aromatic heterocycles. The molecule has 1 saturated heterocycles. The molecular formula is C25H31N3O2S. The van der Waals surface area contributed by atoms with Crippen LogP contribution in [-0.2, 0) is 16.1 Å². The standard InChI is InChI=1S/C25H31N3O2S/c1-5-6-8-17(2)18(3)25(30)28-14-7-9-22(28)24(29)26-15-20-10-12-21(13-11-20)23-19(4)27-16-31-23/h5-6,8,10-13,16,18,22H,7,9,14-15H2,1-4H3,(H,26,29)/b6-5-,17-8+. The van der Waals surface area contributed by atoms with E-state index in [0.29, 0.717) is 19.5 Å². The topological polar surface area (TPSA) is 62.3 Å². The first-order chi connectivity index (χ1) is 14.9. The summed E-state index contributed by atoms with van der Waals surface area (Å²) in [4.78, 5) is 33.1. The summed E-state index contributed by atoms with van der Waals surface area (Å²) in [5.74, 6) is -0.275. The van der Waals surface area contributed by atoms with Crippen LogP contribution >= 0.6 is 11.3 Å². The zero-order valence-corrected chi connectivity index (χ0v) is 19.5. The molecule has 2 atom stereocenters. The summed E-state index contributed by atoms with van der Waals surface area (Å²) in [5, 5.41) is 3.03. The van der Waals surface area contributed by atoms with Gasteiger partial charge in [-0.25, -0.2) is 4.98 Å². The largest absolute Gasteiger partial charge is 0.350 e. The minimum atomic E-state index is -0.386. The average molecular weight is 438 g/mol. The van der Waals surface area contributed by atoms with Crippen LogP contribution in [0.3, 0.4) is 0 Å². The van der Waals surface area contributed by atoms with Gasteiger partial charge in [-0.3, -0.25) is 9.59 Å². The Balaban J connectivity index is 1.59. The number of allylic oxidation sites excluding steroid dienone is 3. The number of nitrogens with one attached hydrogen (secondary N) is 1. The van der Waals surface area contributed by atoms with Crippen LogP contribution in [-0.4, -0.2) is 34.3 Å². The highest BCUT2D eigenvalue weighted by atomic mass is 32.1. The molecule has 0 aliphatic carbocycles. The summed E-state index contributed by atoms with van der Waals surface area (Å²) < 4.78 is 0. The van der Waals surface area contributed by atoms with Gasteiger partial charge in [-0.15, -0.1) is 11.3 Å². The Hall–Kier alpha value is -2.73. The van der Waals surface area contributed by atoms with Crippen molar-refractivity contribution in [1.82, 2.24) is 15.2 Å². The lowest BCUT2D eigenvalue weighted by molar-refractivity contribution is -0.140. The van der Waals surface area contributed by atoms with Gasteiger partial charge < -0.3 is 10.2 Å². The van der Waals surface area contributed by atoms with Crippen LogP contribution in [0.4, 0.5) is 0 Å². The first-order valence-electron chi connectivity index (χ1n) is 10.8. The Morgan fingerprint density at radius 2 is 2.06 bits per heavy atom. The molecule has 2 aromatic rings. The number of hydrogen-bond acceptors (Lipinski definition) is 4. The molecule has 2 heterocycles. The van der Waals surface area contributed by atoms with Crippen LogP contribution in [0.2, 0.25) is 0 Å². The molecule has 0 saturated carbocycles. The van der Waals surface area contributed by atoms with Gasteiger partial charge in [0.25, 0.3) is 0 Å². The van der Waals surface area contributed by atoms with Crippen molar-refractivity contribution < 1.29 is 9.59 Å². The predicted molar refractivity (Wildman–Crippen MR) is 127 cm³/mol. The second kappa shape index (κ2) is 10.5. The van der Waals surface area contributed by atoms with Crippen molar-refractivity contribution in [2.45, 2.75) is 53.1 Å². The molecule has 1 aromatic carbocycles. The van der Waals surface area contributed by atoms with E-state index in [2.05, 4.69) is 22.4 Å². The Bertz CT molecular complexity index is 975. The molecule has 1 aliphatic rings. The number of rotatable bonds is 7. The number of likely N-dealkylation sites (tertiary alicyclic amines) is 1. The van der Waals surface area contributed by atoms with Crippen molar-refractivity contribution in [2.24, 2.45) is 5.92 Å². The first-order valence-corrected chi connectivity index (χ1v) is 11.7. The number of benzene rings is 1. The lowest BCUT2D eigenvalue weighted by atomic mass is 10.00. The van der Waals surface area contributed by atoms with Gasteiger partial charge in [0, 0.05) is 13.1 Å². The van der Waals surface area contributed by atoms with E-state index in [1.165, 1.54) is 4.88 Å². The molecule has 1 N–H and O–H groups in total. The molecule has 2 unspecified atom stereocenters. The number of carbonyl (C=O) groups excluding carboxylic acids is 2. The third-order valence-corrected chi connectivity index (χ3v) is 6.85. The predicted octanol–water partition coefficient (Wildman–Crippen LogP) is 4.88. The molecule has 6 heteroatoms. The summed E-state index contributed by atoms with van der Waals surface area (Å²) in [7, 11) is 0. The first kappa shape index (κ1) is 22.9. The van der Waals surface area contributed by atoms with E-state index in [9.17, 15) is 9.59 Å². The normalized spacial score (nSPS) is 17.9. The van der Waals surface area contributed by atoms with Crippen molar-refractivity contribution in [2.75, 3.05) is 6.54 Å². The third kappa shape index (κ3) is 5.50. The SMILES string of the molecule is C/C=C\C=C(/C)C(C)C(=O)N1CCCC1C(=O)NCc1ccc(-c2scnc2C)cc1. The van der Waals surface area contributed by atoms with Gasteiger partial charge in [0.15, 0.2) is 0 Å². The Labute approximate surface area is 188 Å². The van der Waals surface area contributed by atoms with E-state index in [-0.39, 0.29) is 23.8 Å². The minimum absolute atomic E-state index is 0.0279. The summed E-state index contributed by atoms with van der Waals surface area (Å²) in [5.41, 5.74) is 6.06. The van der Waals surface area contributed by atoms with Gasteiger partial charge in [-0.2, -0.15) is 0 Å². The summed E-state index contributed by atoms with van der Waals surface area (Å²) in [6.07, 6.45) is 7.42. The van der Waals surface area contributed by atoms with Gasteiger partial charge in [-0.1, -0.05) is 48.1 Å². The van der Waals surface area contributed by atoms with E-state index in [4.69, 9.17) is 0 Å². The van der Waals surface area contributed by atoms with Crippen molar-refractivity contribution in [1.29, 1.82) is 0 Å². The van der Waals surface area contributed by atoms with Gasteiger partial charge in [-0.05, 0) is 51.7 Å². The number of hydrogen-bond donors (Lipinski definition) is 1. The molecule has 0 spiro atoms. The van der Waals surface area contributed by atoms with E-state index in [1.54, 1.807) is 16.2 Å². The summed E-state index contributed by atoms with van der Waals surface area (Å²) in [6, 6.07) is 7.81. The number of nitrogens with zero attached hydrogens (tertiary/aromatic N) is 2. The summed E-state index contributed by atoms with van der Waals surface area (Å²) >= 11 is 1.63. The smallest absolute Gasteiger partial charge is 0.243 e. The second-order valence-corrected chi connectivity index (χ2v) is 8.88. The highest BCUT2D eigenvalue weighted by Gasteiger charge is 2.36. The molecule has 0 radical (unpaired) electrons.